The molecule has 0 aromatic heterocycles. The predicted octanol–water partition coefficient (Wildman–Crippen LogP) is 1.52. The average molecular weight is 310 g/mol. The molecule has 1 aliphatic carbocycles. The third-order valence-electron chi connectivity index (χ3n) is 5.45. The molecule has 0 spiro atoms. The van der Waals surface area contributed by atoms with Crippen LogP contribution in [0, 0.1) is 5.41 Å². The Morgan fingerprint density at radius 3 is 2.59 bits per heavy atom. The highest BCUT2D eigenvalue weighted by Gasteiger charge is 2.34. The normalized spacial score (nSPS) is 29.7. The minimum atomic E-state index is 0.159. The Bertz CT molecular complexity index is 376. The van der Waals surface area contributed by atoms with Crippen LogP contribution in [0.25, 0.3) is 0 Å². The molecule has 0 N–H and O–H groups in total. The SMILES string of the molecule is CC1(CC(=O)N2CCOC(CN3CCOCC3)C2)CCCC1. The first-order chi connectivity index (χ1) is 10.6. The number of carbonyl (C=O) groups excluding carboxylic acids is 1. The van der Waals surface area contributed by atoms with Crippen LogP contribution in [0.2, 0.25) is 0 Å². The number of ether oxygens (including phenoxy) is 2. The molecule has 1 atom stereocenters. The van der Waals surface area contributed by atoms with Crippen LogP contribution in [0.1, 0.15) is 39.0 Å². The molecule has 1 unspecified atom stereocenters. The first-order valence-electron chi connectivity index (χ1n) is 8.84. The number of amides is 1. The quantitative estimate of drug-likeness (QED) is 0.789. The fourth-order valence-electron chi connectivity index (χ4n) is 4.01. The molecule has 0 aromatic carbocycles. The van der Waals surface area contributed by atoms with E-state index in [4.69, 9.17) is 9.47 Å². The van der Waals surface area contributed by atoms with E-state index in [1.165, 1.54) is 25.7 Å². The van der Waals surface area contributed by atoms with Crippen LogP contribution in [0.4, 0.5) is 0 Å². The number of carbonyl (C=O) groups is 1. The van der Waals surface area contributed by atoms with Gasteiger partial charge in [-0.25, -0.2) is 0 Å². The van der Waals surface area contributed by atoms with Gasteiger partial charge in [-0.05, 0) is 18.3 Å². The van der Waals surface area contributed by atoms with Gasteiger partial charge >= 0.3 is 0 Å². The minimum Gasteiger partial charge on any atom is -0.379 e. The van der Waals surface area contributed by atoms with E-state index in [0.29, 0.717) is 12.5 Å². The van der Waals surface area contributed by atoms with Gasteiger partial charge in [0, 0.05) is 39.1 Å². The molecule has 1 amide bonds. The molecule has 2 saturated heterocycles. The van der Waals surface area contributed by atoms with Crippen LogP contribution in [-0.4, -0.2) is 74.4 Å². The predicted molar refractivity (Wildman–Crippen MR) is 84.8 cm³/mol. The molecule has 126 valence electrons. The first kappa shape index (κ1) is 16.2. The molecule has 5 nitrogen and oxygen atoms in total. The van der Waals surface area contributed by atoms with Gasteiger partial charge in [0.05, 0.1) is 25.9 Å². The van der Waals surface area contributed by atoms with Crippen molar-refractivity contribution in [3.8, 4) is 0 Å². The summed E-state index contributed by atoms with van der Waals surface area (Å²) in [5.41, 5.74) is 0.245. The molecular weight excluding hydrogens is 280 g/mol. The number of hydrogen-bond donors (Lipinski definition) is 0. The Morgan fingerprint density at radius 2 is 1.86 bits per heavy atom. The topological polar surface area (TPSA) is 42.0 Å². The van der Waals surface area contributed by atoms with Crippen LogP contribution in [0.15, 0.2) is 0 Å². The van der Waals surface area contributed by atoms with E-state index >= 15 is 0 Å². The summed E-state index contributed by atoms with van der Waals surface area (Å²) in [6.45, 7) is 8.98. The zero-order valence-corrected chi connectivity index (χ0v) is 13.9. The van der Waals surface area contributed by atoms with Crippen molar-refractivity contribution in [2.24, 2.45) is 5.41 Å². The van der Waals surface area contributed by atoms with Crippen molar-refractivity contribution < 1.29 is 14.3 Å². The largest absolute Gasteiger partial charge is 0.379 e. The van der Waals surface area contributed by atoms with E-state index in [2.05, 4.69) is 11.8 Å². The summed E-state index contributed by atoms with van der Waals surface area (Å²) >= 11 is 0. The fourth-order valence-corrected chi connectivity index (χ4v) is 4.01. The number of morpholine rings is 2. The summed E-state index contributed by atoms with van der Waals surface area (Å²) in [5.74, 6) is 0.333. The number of rotatable bonds is 4. The lowest BCUT2D eigenvalue weighted by Gasteiger charge is -2.38. The van der Waals surface area contributed by atoms with Crippen LogP contribution in [0.5, 0.6) is 0 Å². The highest BCUT2D eigenvalue weighted by molar-refractivity contribution is 5.77. The van der Waals surface area contributed by atoms with Gasteiger partial charge < -0.3 is 14.4 Å². The lowest BCUT2D eigenvalue weighted by atomic mass is 9.84. The van der Waals surface area contributed by atoms with Crippen molar-refractivity contribution in [1.82, 2.24) is 9.80 Å². The monoisotopic (exact) mass is 310 g/mol. The highest BCUT2D eigenvalue weighted by atomic mass is 16.5. The van der Waals surface area contributed by atoms with E-state index in [1.54, 1.807) is 0 Å². The van der Waals surface area contributed by atoms with Crippen molar-refractivity contribution in [2.75, 3.05) is 52.5 Å². The summed E-state index contributed by atoms with van der Waals surface area (Å²) in [6, 6.07) is 0. The Hall–Kier alpha value is -0.650. The van der Waals surface area contributed by atoms with Gasteiger partial charge in [0.2, 0.25) is 5.91 Å². The lowest BCUT2D eigenvalue weighted by molar-refractivity contribution is -0.142. The van der Waals surface area contributed by atoms with Crippen molar-refractivity contribution in [2.45, 2.75) is 45.1 Å². The standard InChI is InChI=1S/C17H30N2O3/c1-17(4-2-3-5-17)12-16(20)19-8-11-22-15(14-19)13-18-6-9-21-10-7-18/h15H,2-14H2,1H3. The summed E-state index contributed by atoms with van der Waals surface area (Å²) in [5, 5.41) is 0. The molecule has 3 rings (SSSR count). The zero-order chi connectivity index (χ0) is 15.4. The van der Waals surface area contributed by atoms with Crippen molar-refractivity contribution in [3.63, 3.8) is 0 Å². The zero-order valence-electron chi connectivity index (χ0n) is 13.9. The Kier molecular flexibility index (Phi) is 5.37. The third-order valence-corrected chi connectivity index (χ3v) is 5.45. The van der Waals surface area contributed by atoms with E-state index in [9.17, 15) is 4.79 Å². The Labute approximate surface area is 133 Å². The Balaban J connectivity index is 1.48. The van der Waals surface area contributed by atoms with Crippen molar-refractivity contribution in [3.05, 3.63) is 0 Å². The van der Waals surface area contributed by atoms with Gasteiger partial charge in [0.15, 0.2) is 0 Å². The van der Waals surface area contributed by atoms with E-state index in [1.807, 2.05) is 4.90 Å². The maximum atomic E-state index is 12.6. The summed E-state index contributed by atoms with van der Waals surface area (Å²) in [4.78, 5) is 17.1. The number of hydrogen-bond acceptors (Lipinski definition) is 4. The molecule has 22 heavy (non-hydrogen) atoms. The molecule has 0 aromatic rings. The van der Waals surface area contributed by atoms with Crippen LogP contribution < -0.4 is 0 Å². The van der Waals surface area contributed by atoms with Gasteiger partial charge in [-0.15, -0.1) is 0 Å². The maximum Gasteiger partial charge on any atom is 0.223 e. The fraction of sp³-hybridized carbons (Fsp3) is 0.941. The lowest BCUT2D eigenvalue weighted by Crippen LogP contribution is -2.51. The van der Waals surface area contributed by atoms with Gasteiger partial charge in [0.25, 0.3) is 0 Å². The molecule has 2 heterocycles. The average Bonchev–Trinajstić information content (AvgIpc) is 2.95. The highest BCUT2D eigenvalue weighted by Crippen LogP contribution is 2.40. The summed E-state index contributed by atoms with van der Waals surface area (Å²) in [7, 11) is 0. The maximum absolute atomic E-state index is 12.6. The van der Waals surface area contributed by atoms with Gasteiger partial charge in [-0.3, -0.25) is 9.69 Å². The molecule has 0 radical (unpaired) electrons. The first-order valence-corrected chi connectivity index (χ1v) is 8.84. The minimum absolute atomic E-state index is 0.159. The third kappa shape index (κ3) is 4.21. The molecule has 1 saturated carbocycles. The second kappa shape index (κ2) is 7.28. The van der Waals surface area contributed by atoms with Crippen molar-refractivity contribution in [1.29, 1.82) is 0 Å². The number of nitrogens with zero attached hydrogens (tertiary/aromatic N) is 2. The van der Waals surface area contributed by atoms with E-state index in [0.717, 1.165) is 52.4 Å². The Morgan fingerprint density at radius 1 is 1.14 bits per heavy atom. The van der Waals surface area contributed by atoms with Crippen LogP contribution in [0.3, 0.4) is 0 Å². The van der Waals surface area contributed by atoms with Crippen LogP contribution >= 0.6 is 0 Å². The molecule has 3 aliphatic rings. The van der Waals surface area contributed by atoms with Gasteiger partial charge in [0.1, 0.15) is 0 Å². The van der Waals surface area contributed by atoms with Crippen molar-refractivity contribution >= 4 is 5.91 Å². The second-order valence-electron chi connectivity index (χ2n) is 7.44. The summed E-state index contributed by atoms with van der Waals surface area (Å²) < 4.78 is 11.3. The molecule has 3 fully saturated rings. The second-order valence-corrected chi connectivity index (χ2v) is 7.44. The smallest absolute Gasteiger partial charge is 0.223 e. The van der Waals surface area contributed by atoms with E-state index < -0.39 is 0 Å². The van der Waals surface area contributed by atoms with Crippen LogP contribution in [-0.2, 0) is 14.3 Å². The molecule has 2 aliphatic heterocycles. The van der Waals surface area contributed by atoms with Gasteiger partial charge in [-0.2, -0.15) is 0 Å². The van der Waals surface area contributed by atoms with Gasteiger partial charge in [-0.1, -0.05) is 19.8 Å². The molecule has 0 bridgehead atoms. The summed E-state index contributed by atoms with van der Waals surface area (Å²) in [6.07, 6.45) is 5.86. The van der Waals surface area contributed by atoms with E-state index in [-0.39, 0.29) is 11.5 Å². The molecule has 5 heteroatoms. The molecular formula is C17H30N2O3.